The van der Waals surface area contributed by atoms with Gasteiger partial charge in [0.05, 0.1) is 0 Å². The fraction of sp³-hybridized carbons (Fsp3) is 0.474. The molecule has 0 aliphatic carbocycles. The van der Waals surface area contributed by atoms with Gasteiger partial charge in [0.15, 0.2) is 5.96 Å². The fourth-order valence-electron chi connectivity index (χ4n) is 3.25. The number of hydrogen-bond donors (Lipinski definition) is 2. The van der Waals surface area contributed by atoms with Gasteiger partial charge in [0.25, 0.3) is 0 Å². The summed E-state index contributed by atoms with van der Waals surface area (Å²) < 4.78 is 3.09. The van der Waals surface area contributed by atoms with Crippen LogP contribution >= 0.6 is 15.9 Å². The molecule has 0 radical (unpaired) electrons. The van der Waals surface area contributed by atoms with Crippen LogP contribution in [0.2, 0.25) is 0 Å². The van der Waals surface area contributed by atoms with Gasteiger partial charge in [-0.05, 0) is 43.0 Å². The molecule has 0 saturated carbocycles. The molecule has 1 aliphatic heterocycles. The van der Waals surface area contributed by atoms with Crippen LogP contribution in [0.15, 0.2) is 52.2 Å². The highest BCUT2D eigenvalue weighted by Crippen LogP contribution is 2.25. The van der Waals surface area contributed by atoms with Crippen molar-refractivity contribution in [3.63, 3.8) is 0 Å². The van der Waals surface area contributed by atoms with Crippen molar-refractivity contribution < 1.29 is 0 Å². The third-order valence-electron chi connectivity index (χ3n) is 4.66. The summed E-state index contributed by atoms with van der Waals surface area (Å²) in [4.78, 5) is 6.78. The third-order valence-corrected chi connectivity index (χ3v) is 5.15. The smallest absolute Gasteiger partial charge is 0.190 e. The number of aryl methyl sites for hydroxylation is 1. The quantitative estimate of drug-likeness (QED) is 0.412. The third kappa shape index (κ3) is 5.49. The monoisotopic (exact) mass is 418 g/mol. The zero-order chi connectivity index (χ0) is 18.2. The fourth-order valence-corrected chi connectivity index (χ4v) is 3.64. The number of aliphatic imine (C=N–C) groups is 1. The van der Waals surface area contributed by atoms with E-state index in [9.17, 15) is 0 Å². The van der Waals surface area contributed by atoms with Crippen molar-refractivity contribution >= 4 is 27.6 Å². The Morgan fingerprint density at radius 2 is 2.27 bits per heavy atom. The van der Waals surface area contributed by atoms with E-state index in [1.807, 2.05) is 30.2 Å². The van der Waals surface area contributed by atoms with Crippen LogP contribution in [-0.2, 0) is 6.54 Å². The van der Waals surface area contributed by atoms with Gasteiger partial charge in [-0.15, -0.1) is 0 Å². The SMILES string of the molecule is CN=C(NCCCn1cccn1)NCC1CCN(c2cccc(Br)c2)C1. The van der Waals surface area contributed by atoms with E-state index in [-0.39, 0.29) is 0 Å². The molecule has 1 saturated heterocycles. The normalized spacial score (nSPS) is 17.5. The lowest BCUT2D eigenvalue weighted by atomic mass is 10.1. The molecule has 3 rings (SSSR count). The maximum atomic E-state index is 4.32. The number of guanidine groups is 1. The Morgan fingerprint density at radius 3 is 3.04 bits per heavy atom. The van der Waals surface area contributed by atoms with Gasteiger partial charge in [-0.25, -0.2) is 0 Å². The zero-order valence-electron chi connectivity index (χ0n) is 15.2. The summed E-state index contributed by atoms with van der Waals surface area (Å²) in [6, 6.07) is 10.5. The Morgan fingerprint density at radius 1 is 1.35 bits per heavy atom. The molecule has 140 valence electrons. The maximum absolute atomic E-state index is 4.32. The van der Waals surface area contributed by atoms with E-state index in [0.29, 0.717) is 5.92 Å². The molecular formula is C19H27BrN6. The van der Waals surface area contributed by atoms with Gasteiger partial charge < -0.3 is 15.5 Å². The van der Waals surface area contributed by atoms with Crippen LogP contribution in [0, 0.1) is 5.92 Å². The van der Waals surface area contributed by atoms with Crippen molar-refractivity contribution in [3.05, 3.63) is 47.2 Å². The second-order valence-electron chi connectivity index (χ2n) is 6.58. The molecule has 7 heteroatoms. The molecule has 1 aromatic carbocycles. The predicted molar refractivity (Wildman–Crippen MR) is 111 cm³/mol. The van der Waals surface area contributed by atoms with Crippen molar-refractivity contribution in [3.8, 4) is 0 Å². The van der Waals surface area contributed by atoms with E-state index in [0.717, 1.165) is 49.6 Å². The van der Waals surface area contributed by atoms with Crippen LogP contribution in [0.25, 0.3) is 0 Å². The molecule has 1 aliphatic rings. The lowest BCUT2D eigenvalue weighted by molar-refractivity contribution is 0.553. The number of rotatable bonds is 7. The average Bonchev–Trinajstić information content (AvgIpc) is 3.33. The Kier molecular flexibility index (Phi) is 6.94. The van der Waals surface area contributed by atoms with Crippen molar-refractivity contribution in [1.29, 1.82) is 0 Å². The standard InChI is InChI=1S/C19H27BrN6/c1-21-19(22-8-3-10-26-11-4-9-24-26)23-14-16-7-12-25(15-16)18-6-2-5-17(20)13-18/h2,4-6,9,11,13,16H,3,7-8,10,12,14-15H2,1H3,(H2,21,22,23). The molecule has 0 bridgehead atoms. The number of halogens is 1. The first-order valence-corrected chi connectivity index (χ1v) is 9.96. The van der Waals surface area contributed by atoms with Crippen LogP contribution in [0.1, 0.15) is 12.8 Å². The van der Waals surface area contributed by atoms with E-state index in [1.165, 1.54) is 12.1 Å². The molecule has 0 amide bonds. The van der Waals surface area contributed by atoms with Crippen LogP contribution in [0.4, 0.5) is 5.69 Å². The first-order chi connectivity index (χ1) is 12.7. The second kappa shape index (κ2) is 9.62. The van der Waals surface area contributed by atoms with Crippen molar-refractivity contribution in [2.45, 2.75) is 19.4 Å². The van der Waals surface area contributed by atoms with Gasteiger partial charge in [-0.3, -0.25) is 9.67 Å². The first kappa shape index (κ1) is 18.8. The molecule has 2 N–H and O–H groups in total. The van der Waals surface area contributed by atoms with Crippen molar-refractivity contribution in [2.75, 3.05) is 38.1 Å². The maximum Gasteiger partial charge on any atom is 0.190 e. The minimum absolute atomic E-state index is 0.636. The van der Waals surface area contributed by atoms with Crippen LogP contribution in [0.5, 0.6) is 0 Å². The van der Waals surface area contributed by atoms with E-state index in [1.54, 1.807) is 0 Å². The Labute approximate surface area is 163 Å². The van der Waals surface area contributed by atoms with E-state index < -0.39 is 0 Å². The minimum Gasteiger partial charge on any atom is -0.371 e. The summed E-state index contributed by atoms with van der Waals surface area (Å²) in [5.74, 6) is 1.52. The number of aromatic nitrogens is 2. The van der Waals surface area contributed by atoms with Crippen LogP contribution in [-0.4, -0.2) is 49.0 Å². The summed E-state index contributed by atoms with van der Waals surface area (Å²) >= 11 is 3.56. The number of nitrogens with zero attached hydrogens (tertiary/aromatic N) is 4. The highest BCUT2D eigenvalue weighted by Gasteiger charge is 2.22. The van der Waals surface area contributed by atoms with Gasteiger partial charge in [0.1, 0.15) is 0 Å². The number of benzene rings is 1. The van der Waals surface area contributed by atoms with Crippen molar-refractivity contribution in [2.24, 2.45) is 10.9 Å². The average molecular weight is 419 g/mol. The predicted octanol–water partition coefficient (Wildman–Crippen LogP) is 2.73. The van der Waals surface area contributed by atoms with Gasteiger partial charge in [-0.1, -0.05) is 22.0 Å². The second-order valence-corrected chi connectivity index (χ2v) is 7.50. The Bertz CT molecular complexity index is 700. The first-order valence-electron chi connectivity index (χ1n) is 9.17. The summed E-state index contributed by atoms with van der Waals surface area (Å²) in [5.41, 5.74) is 1.29. The van der Waals surface area contributed by atoms with Gasteiger partial charge in [0, 0.05) is 62.3 Å². The van der Waals surface area contributed by atoms with E-state index >= 15 is 0 Å². The van der Waals surface area contributed by atoms with Crippen molar-refractivity contribution in [1.82, 2.24) is 20.4 Å². The highest BCUT2D eigenvalue weighted by molar-refractivity contribution is 9.10. The summed E-state index contributed by atoms with van der Waals surface area (Å²) in [5, 5.41) is 11.1. The topological polar surface area (TPSA) is 57.5 Å². The molecule has 1 fully saturated rings. The van der Waals surface area contributed by atoms with E-state index in [4.69, 9.17) is 0 Å². The molecule has 2 aromatic rings. The van der Waals surface area contributed by atoms with E-state index in [2.05, 4.69) is 65.8 Å². The molecule has 26 heavy (non-hydrogen) atoms. The number of nitrogens with one attached hydrogen (secondary N) is 2. The lowest BCUT2D eigenvalue weighted by Gasteiger charge is -2.19. The summed E-state index contributed by atoms with van der Waals surface area (Å²) in [6.45, 7) is 4.94. The largest absolute Gasteiger partial charge is 0.371 e. The van der Waals surface area contributed by atoms with Crippen LogP contribution < -0.4 is 15.5 Å². The van der Waals surface area contributed by atoms with Crippen LogP contribution in [0.3, 0.4) is 0 Å². The minimum atomic E-state index is 0.636. The van der Waals surface area contributed by atoms with Gasteiger partial charge >= 0.3 is 0 Å². The molecular weight excluding hydrogens is 392 g/mol. The number of hydrogen-bond acceptors (Lipinski definition) is 3. The Balaban J connectivity index is 1.36. The molecule has 1 aromatic heterocycles. The molecule has 6 nitrogen and oxygen atoms in total. The molecule has 1 unspecified atom stereocenters. The van der Waals surface area contributed by atoms with Gasteiger partial charge in [0.2, 0.25) is 0 Å². The highest BCUT2D eigenvalue weighted by atomic mass is 79.9. The lowest BCUT2D eigenvalue weighted by Crippen LogP contribution is -2.40. The summed E-state index contributed by atoms with van der Waals surface area (Å²) in [7, 11) is 1.82. The molecule has 2 heterocycles. The zero-order valence-corrected chi connectivity index (χ0v) is 16.8. The van der Waals surface area contributed by atoms with Gasteiger partial charge in [-0.2, -0.15) is 5.10 Å². The molecule has 1 atom stereocenters. The number of anilines is 1. The summed E-state index contributed by atoms with van der Waals surface area (Å²) in [6.07, 6.45) is 6.02. The Hall–Kier alpha value is -2.02. The molecule has 0 spiro atoms.